The van der Waals surface area contributed by atoms with E-state index in [0.29, 0.717) is 11.1 Å². The van der Waals surface area contributed by atoms with Crippen LogP contribution in [0.15, 0.2) is 58.7 Å². The van der Waals surface area contributed by atoms with Crippen LogP contribution < -0.4 is 0 Å². The number of para-hydroxylation sites is 2. The van der Waals surface area contributed by atoms with Gasteiger partial charge >= 0.3 is 0 Å². The van der Waals surface area contributed by atoms with Crippen molar-refractivity contribution in [3.8, 4) is 0 Å². The van der Waals surface area contributed by atoms with E-state index in [1.807, 2.05) is 0 Å². The highest BCUT2D eigenvalue weighted by molar-refractivity contribution is 5.87. The van der Waals surface area contributed by atoms with Gasteiger partial charge in [-0.1, -0.05) is 24.3 Å². The lowest BCUT2D eigenvalue weighted by Gasteiger charge is -1.95. The third kappa shape index (κ3) is 3.57. The summed E-state index contributed by atoms with van der Waals surface area (Å²) in [5.74, 6) is 0. The Kier molecular flexibility index (Phi) is 4.66. The average molecular weight is 298 g/mol. The Morgan fingerprint density at radius 2 is 1.09 bits per heavy atom. The predicted octanol–water partition coefficient (Wildman–Crippen LogP) is 2.96. The fourth-order valence-electron chi connectivity index (χ4n) is 1.72. The van der Waals surface area contributed by atoms with Crippen molar-refractivity contribution in [3.05, 3.63) is 79.9 Å². The van der Waals surface area contributed by atoms with E-state index in [1.165, 1.54) is 36.7 Å². The van der Waals surface area contributed by atoms with Crippen LogP contribution in [0.3, 0.4) is 0 Å². The maximum Gasteiger partial charge on any atom is 0.278 e. The van der Waals surface area contributed by atoms with Crippen molar-refractivity contribution in [2.75, 3.05) is 0 Å². The molecule has 110 valence electrons. The van der Waals surface area contributed by atoms with Gasteiger partial charge in [0.1, 0.15) is 0 Å². The first-order valence-corrected chi connectivity index (χ1v) is 6.13. The third-order valence-electron chi connectivity index (χ3n) is 2.73. The Bertz CT molecular complexity index is 705. The lowest BCUT2D eigenvalue weighted by molar-refractivity contribution is -0.385. The van der Waals surface area contributed by atoms with Crippen LogP contribution in [0.2, 0.25) is 0 Å². The molecule has 8 nitrogen and oxygen atoms in total. The van der Waals surface area contributed by atoms with E-state index in [0.717, 1.165) is 0 Å². The van der Waals surface area contributed by atoms with Gasteiger partial charge in [0.25, 0.3) is 11.4 Å². The highest BCUT2D eigenvalue weighted by Crippen LogP contribution is 2.16. The molecule has 0 unspecified atom stereocenters. The molecule has 0 fully saturated rings. The van der Waals surface area contributed by atoms with Crippen molar-refractivity contribution in [1.29, 1.82) is 0 Å². The number of rotatable bonds is 5. The number of nitro groups is 2. The molecule has 0 radical (unpaired) electrons. The molecular formula is C14H10N4O4. The summed E-state index contributed by atoms with van der Waals surface area (Å²) in [6, 6.07) is 12.1. The number of hydrogen-bond acceptors (Lipinski definition) is 6. The molecule has 0 aliphatic heterocycles. The largest absolute Gasteiger partial charge is 0.278 e. The first kappa shape index (κ1) is 15.0. The van der Waals surface area contributed by atoms with E-state index < -0.39 is 9.85 Å². The van der Waals surface area contributed by atoms with Gasteiger partial charge in [-0.25, -0.2) is 0 Å². The first-order chi connectivity index (χ1) is 10.6. The third-order valence-corrected chi connectivity index (χ3v) is 2.73. The molecule has 0 amide bonds. The molecule has 2 aromatic carbocycles. The van der Waals surface area contributed by atoms with E-state index in [1.54, 1.807) is 24.3 Å². The van der Waals surface area contributed by atoms with Gasteiger partial charge in [-0.15, -0.1) is 0 Å². The first-order valence-electron chi connectivity index (χ1n) is 6.13. The molecular weight excluding hydrogens is 288 g/mol. The maximum absolute atomic E-state index is 10.8. The zero-order valence-corrected chi connectivity index (χ0v) is 11.2. The lowest BCUT2D eigenvalue weighted by Crippen LogP contribution is -1.94. The van der Waals surface area contributed by atoms with E-state index in [2.05, 4.69) is 10.2 Å². The minimum atomic E-state index is -0.521. The molecule has 0 atom stereocenters. The second-order valence-corrected chi connectivity index (χ2v) is 4.12. The van der Waals surface area contributed by atoms with Crippen molar-refractivity contribution >= 4 is 23.8 Å². The fraction of sp³-hybridized carbons (Fsp3) is 0. The summed E-state index contributed by atoms with van der Waals surface area (Å²) >= 11 is 0. The quantitative estimate of drug-likeness (QED) is 0.480. The molecule has 2 aromatic rings. The summed E-state index contributed by atoms with van der Waals surface area (Å²) in [4.78, 5) is 20.6. The Morgan fingerprint density at radius 1 is 0.727 bits per heavy atom. The van der Waals surface area contributed by atoms with Gasteiger partial charge in [0.15, 0.2) is 0 Å². The summed E-state index contributed by atoms with van der Waals surface area (Å²) in [5.41, 5.74) is 0.415. The summed E-state index contributed by atoms with van der Waals surface area (Å²) < 4.78 is 0. The Balaban J connectivity index is 2.20. The monoisotopic (exact) mass is 298 g/mol. The van der Waals surface area contributed by atoms with Crippen LogP contribution >= 0.6 is 0 Å². The fourth-order valence-corrected chi connectivity index (χ4v) is 1.72. The van der Waals surface area contributed by atoms with Gasteiger partial charge in [0.05, 0.1) is 33.4 Å². The van der Waals surface area contributed by atoms with Crippen LogP contribution in [0.5, 0.6) is 0 Å². The smallest absolute Gasteiger partial charge is 0.258 e. The molecule has 0 aromatic heterocycles. The highest BCUT2D eigenvalue weighted by Gasteiger charge is 2.10. The van der Waals surface area contributed by atoms with E-state index in [9.17, 15) is 20.2 Å². The zero-order valence-electron chi connectivity index (χ0n) is 11.2. The molecule has 0 aliphatic carbocycles. The minimum Gasteiger partial charge on any atom is -0.258 e. The van der Waals surface area contributed by atoms with Gasteiger partial charge in [-0.05, 0) is 12.1 Å². The molecule has 8 heteroatoms. The van der Waals surface area contributed by atoms with Gasteiger partial charge in [-0.3, -0.25) is 20.2 Å². The average Bonchev–Trinajstić information content (AvgIpc) is 2.52. The van der Waals surface area contributed by atoms with E-state index in [4.69, 9.17) is 0 Å². The Morgan fingerprint density at radius 3 is 1.45 bits per heavy atom. The Labute approximate surface area is 124 Å². The molecule has 0 saturated heterocycles. The molecule has 0 bridgehead atoms. The summed E-state index contributed by atoms with van der Waals surface area (Å²) in [7, 11) is 0. The molecule has 0 N–H and O–H groups in total. The van der Waals surface area contributed by atoms with Crippen LogP contribution in [-0.4, -0.2) is 22.3 Å². The normalized spacial score (nSPS) is 11.1. The standard InChI is InChI=1S/C14H10N4O4/c19-17(20)13-7-3-1-5-11(13)9-15-16-10-12-6-2-4-8-14(12)18(21)22/h1-10H/b15-9+,16-10+. The highest BCUT2D eigenvalue weighted by atomic mass is 16.6. The molecule has 22 heavy (non-hydrogen) atoms. The van der Waals surface area contributed by atoms with Crippen molar-refractivity contribution in [2.24, 2.45) is 10.2 Å². The van der Waals surface area contributed by atoms with Gasteiger partial charge in [0, 0.05) is 12.1 Å². The zero-order chi connectivity index (χ0) is 15.9. The van der Waals surface area contributed by atoms with Gasteiger partial charge in [-0.2, -0.15) is 10.2 Å². The molecule has 0 heterocycles. The number of nitrogens with zero attached hydrogens (tertiary/aromatic N) is 4. The van der Waals surface area contributed by atoms with Crippen molar-refractivity contribution in [2.45, 2.75) is 0 Å². The van der Waals surface area contributed by atoms with Crippen molar-refractivity contribution in [3.63, 3.8) is 0 Å². The molecule has 2 rings (SSSR count). The van der Waals surface area contributed by atoms with Crippen LogP contribution in [0.25, 0.3) is 0 Å². The number of hydrogen-bond donors (Lipinski definition) is 0. The second kappa shape index (κ2) is 6.84. The summed E-state index contributed by atoms with van der Waals surface area (Å²) in [5, 5.41) is 29.0. The molecule has 0 spiro atoms. The van der Waals surface area contributed by atoms with Crippen LogP contribution in [0, 0.1) is 20.2 Å². The van der Waals surface area contributed by atoms with Crippen molar-refractivity contribution in [1.82, 2.24) is 0 Å². The number of nitro benzene ring substituents is 2. The maximum atomic E-state index is 10.8. The van der Waals surface area contributed by atoms with Crippen LogP contribution in [0.4, 0.5) is 11.4 Å². The van der Waals surface area contributed by atoms with E-state index in [-0.39, 0.29) is 11.4 Å². The lowest BCUT2D eigenvalue weighted by atomic mass is 10.2. The number of benzene rings is 2. The van der Waals surface area contributed by atoms with E-state index >= 15 is 0 Å². The summed E-state index contributed by atoms with van der Waals surface area (Å²) in [6.45, 7) is 0. The SMILES string of the molecule is O=[N+]([O-])c1ccccc1/C=N/N=C/c1ccccc1[N+](=O)[O-]. The summed E-state index contributed by atoms with van der Waals surface area (Å²) in [6.07, 6.45) is 2.45. The van der Waals surface area contributed by atoms with Crippen molar-refractivity contribution < 1.29 is 9.85 Å². The van der Waals surface area contributed by atoms with Gasteiger partial charge < -0.3 is 0 Å². The van der Waals surface area contributed by atoms with Gasteiger partial charge in [0.2, 0.25) is 0 Å². The van der Waals surface area contributed by atoms with Crippen LogP contribution in [-0.2, 0) is 0 Å². The second-order valence-electron chi connectivity index (χ2n) is 4.12. The van der Waals surface area contributed by atoms with Crippen LogP contribution in [0.1, 0.15) is 11.1 Å². The topological polar surface area (TPSA) is 111 Å². The Hall–Kier alpha value is -3.42. The molecule has 0 saturated carbocycles. The minimum absolute atomic E-state index is 0.0906. The molecule has 0 aliphatic rings. The predicted molar refractivity (Wildman–Crippen MR) is 81.4 cm³/mol.